The molecule has 0 unspecified atom stereocenters. The second-order valence-electron chi connectivity index (χ2n) is 3.74. The van der Waals surface area contributed by atoms with E-state index in [1.807, 2.05) is 0 Å². The zero-order valence-electron chi connectivity index (χ0n) is 11.1. The van der Waals surface area contributed by atoms with Gasteiger partial charge >= 0.3 is 0 Å². The zero-order chi connectivity index (χ0) is 13.8. The molecule has 0 amide bonds. The maximum atomic E-state index is 11.4. The van der Waals surface area contributed by atoms with Crippen LogP contribution in [0.15, 0.2) is 48.6 Å². The Bertz CT molecular complexity index is 377. The molecule has 0 aromatic heterocycles. The van der Waals surface area contributed by atoms with Gasteiger partial charge in [0, 0.05) is 32.3 Å². The van der Waals surface area contributed by atoms with Gasteiger partial charge in [-0.25, -0.2) is 0 Å². The number of Topliss-reactive ketones (excluding diaryl/α,β-unsaturated/α-hetero) is 1. The minimum Gasteiger partial charge on any atom is -0.299 e. The zero-order valence-corrected chi connectivity index (χ0v) is 12.8. The fraction of sp³-hybridized carbons (Fsp3) is 0.267. The van der Waals surface area contributed by atoms with Crippen LogP contribution in [0.1, 0.15) is 26.7 Å². The van der Waals surface area contributed by atoms with Gasteiger partial charge in [0.2, 0.25) is 0 Å². The van der Waals surface area contributed by atoms with Crippen molar-refractivity contribution in [1.29, 1.82) is 0 Å². The van der Waals surface area contributed by atoms with Crippen molar-refractivity contribution in [3.63, 3.8) is 0 Å². The Kier molecular flexibility index (Phi) is 13.7. The van der Waals surface area contributed by atoms with Gasteiger partial charge in [0.25, 0.3) is 0 Å². The number of hydrogen-bond acceptors (Lipinski definition) is 3. The van der Waals surface area contributed by atoms with Gasteiger partial charge in [-0.1, -0.05) is 36.5 Å². The summed E-state index contributed by atoms with van der Waals surface area (Å²) in [7, 11) is 0. The van der Waals surface area contributed by atoms with Gasteiger partial charge in [0.15, 0.2) is 11.6 Å². The first-order chi connectivity index (χ1) is 8.52. The Morgan fingerprint density at radius 1 is 0.737 bits per heavy atom. The van der Waals surface area contributed by atoms with Gasteiger partial charge in [-0.2, -0.15) is 0 Å². The predicted molar refractivity (Wildman–Crippen MR) is 72.2 cm³/mol. The summed E-state index contributed by atoms with van der Waals surface area (Å²) in [6.45, 7) is 2.93. The maximum absolute atomic E-state index is 11.4. The van der Waals surface area contributed by atoms with Crippen LogP contribution in [0.5, 0.6) is 0 Å². The summed E-state index contributed by atoms with van der Waals surface area (Å²) >= 11 is 0. The number of ketones is 3. The van der Waals surface area contributed by atoms with Crippen molar-refractivity contribution in [2.45, 2.75) is 26.7 Å². The van der Waals surface area contributed by atoms with Crippen molar-refractivity contribution in [2.24, 2.45) is 0 Å². The fourth-order valence-corrected chi connectivity index (χ4v) is 1.02. The number of carbonyl (C=O) groups is 3. The number of carbonyl (C=O) groups excluding carboxylic acids is 3. The smallest absolute Gasteiger partial charge is 0.152 e. The van der Waals surface area contributed by atoms with Crippen LogP contribution in [-0.4, -0.2) is 17.3 Å². The molecular weight excluding hydrogens is 329 g/mol. The van der Waals surface area contributed by atoms with E-state index < -0.39 is 0 Å². The third-order valence-electron chi connectivity index (χ3n) is 1.85. The third-order valence-corrected chi connectivity index (χ3v) is 1.85. The normalized spacial score (nSPS) is 11.5. The van der Waals surface area contributed by atoms with Gasteiger partial charge in [0.05, 0.1) is 0 Å². The number of allylic oxidation sites excluding steroid dienone is 8. The molecule has 104 valence electrons. The summed E-state index contributed by atoms with van der Waals surface area (Å²) in [5.74, 6) is 0.0345. The van der Waals surface area contributed by atoms with Gasteiger partial charge in [0.1, 0.15) is 5.78 Å². The van der Waals surface area contributed by atoms with Crippen molar-refractivity contribution in [3.05, 3.63) is 48.6 Å². The van der Waals surface area contributed by atoms with Crippen LogP contribution in [0, 0.1) is 0 Å². The molecule has 0 aliphatic rings. The van der Waals surface area contributed by atoms with E-state index in [1.165, 1.54) is 26.0 Å². The molecule has 0 rings (SSSR count). The Morgan fingerprint density at radius 3 is 1.42 bits per heavy atom. The van der Waals surface area contributed by atoms with E-state index in [1.54, 1.807) is 36.5 Å². The van der Waals surface area contributed by atoms with Crippen molar-refractivity contribution in [3.8, 4) is 0 Å². The first-order valence-corrected chi connectivity index (χ1v) is 5.71. The number of rotatable bonds is 8. The van der Waals surface area contributed by atoms with E-state index in [-0.39, 0.29) is 36.8 Å². The number of hydrogen-bond donors (Lipinski definition) is 0. The molecule has 0 N–H and O–H groups in total. The Morgan fingerprint density at radius 2 is 1.11 bits per heavy atom. The van der Waals surface area contributed by atoms with Gasteiger partial charge in [-0.15, -0.1) is 0 Å². The Labute approximate surface area is 126 Å². The van der Waals surface area contributed by atoms with E-state index in [0.717, 1.165) is 0 Å². The van der Waals surface area contributed by atoms with Crippen LogP contribution in [0.4, 0.5) is 0 Å². The summed E-state index contributed by atoms with van der Waals surface area (Å²) in [4.78, 5) is 32.5. The molecule has 0 saturated heterocycles. The van der Waals surface area contributed by atoms with Crippen molar-refractivity contribution < 1.29 is 33.9 Å². The molecule has 0 fully saturated rings. The van der Waals surface area contributed by atoms with Crippen LogP contribution in [0.3, 0.4) is 0 Å². The molecule has 0 heterocycles. The average Bonchev–Trinajstić information content (AvgIpc) is 2.27. The summed E-state index contributed by atoms with van der Waals surface area (Å²) in [6, 6.07) is 0. The van der Waals surface area contributed by atoms with Crippen molar-refractivity contribution in [1.82, 2.24) is 0 Å². The first kappa shape index (κ1) is 19.9. The standard InChI is InChI=1S/C15H18O3.Ru/c1-13(16)9-5-3-7-11-15(18)12-8-4-6-10-14(2)17;/h3-10H,11-12H2,1-2H3;/b7-3+,8-4+,9-5+,10-6+;. The topological polar surface area (TPSA) is 51.2 Å². The van der Waals surface area contributed by atoms with E-state index in [2.05, 4.69) is 0 Å². The summed E-state index contributed by atoms with van der Waals surface area (Å²) in [5.41, 5.74) is 0. The van der Waals surface area contributed by atoms with E-state index in [4.69, 9.17) is 0 Å². The molecule has 0 aromatic carbocycles. The van der Waals surface area contributed by atoms with Gasteiger partial charge < -0.3 is 0 Å². The molecule has 0 bridgehead atoms. The summed E-state index contributed by atoms with van der Waals surface area (Å²) in [6.07, 6.45) is 13.5. The molecule has 0 saturated carbocycles. The van der Waals surface area contributed by atoms with Crippen LogP contribution in [0.2, 0.25) is 0 Å². The average molecular weight is 347 g/mol. The minimum absolute atomic E-state index is 0. The Hall–Kier alpha value is -1.41. The molecule has 0 atom stereocenters. The summed E-state index contributed by atoms with van der Waals surface area (Å²) in [5, 5.41) is 0. The fourth-order valence-electron chi connectivity index (χ4n) is 1.02. The second-order valence-corrected chi connectivity index (χ2v) is 3.74. The van der Waals surface area contributed by atoms with Crippen LogP contribution in [0.25, 0.3) is 0 Å². The van der Waals surface area contributed by atoms with Crippen molar-refractivity contribution in [2.75, 3.05) is 0 Å². The second kappa shape index (κ2) is 13.0. The van der Waals surface area contributed by atoms with Crippen LogP contribution < -0.4 is 0 Å². The molecule has 4 heteroatoms. The molecule has 0 radical (unpaired) electrons. The van der Waals surface area contributed by atoms with Crippen LogP contribution >= 0.6 is 0 Å². The van der Waals surface area contributed by atoms with E-state index >= 15 is 0 Å². The quantitative estimate of drug-likeness (QED) is 0.385. The molecule has 3 nitrogen and oxygen atoms in total. The van der Waals surface area contributed by atoms with E-state index in [0.29, 0.717) is 12.8 Å². The third kappa shape index (κ3) is 16.6. The van der Waals surface area contributed by atoms with Gasteiger partial charge in [-0.05, 0) is 26.0 Å². The maximum Gasteiger partial charge on any atom is 0.152 e. The molecule has 0 spiro atoms. The molecule has 0 aromatic rings. The minimum atomic E-state index is -0.0221. The molecule has 0 aliphatic heterocycles. The van der Waals surface area contributed by atoms with E-state index in [9.17, 15) is 14.4 Å². The van der Waals surface area contributed by atoms with Crippen molar-refractivity contribution >= 4 is 17.3 Å². The summed E-state index contributed by atoms with van der Waals surface area (Å²) < 4.78 is 0. The predicted octanol–water partition coefficient (Wildman–Crippen LogP) is 2.74. The molecular formula is C15H18O3Ru. The Balaban J connectivity index is 0. The monoisotopic (exact) mass is 348 g/mol. The van der Waals surface area contributed by atoms with Gasteiger partial charge in [-0.3, -0.25) is 14.4 Å². The van der Waals surface area contributed by atoms with Crippen LogP contribution in [-0.2, 0) is 33.9 Å². The largest absolute Gasteiger partial charge is 0.299 e. The molecule has 0 aliphatic carbocycles. The molecule has 19 heavy (non-hydrogen) atoms. The SMILES string of the molecule is CC(=O)/C=C/C=C/CC(=O)C/C=C/C=C/C(C)=O.[Ru]. The first-order valence-electron chi connectivity index (χ1n) is 5.71.